The number of hydrogen-bond donors (Lipinski definition) is 1. The number of rotatable bonds is 1. The van der Waals surface area contributed by atoms with Crippen molar-refractivity contribution in [3.63, 3.8) is 0 Å². The van der Waals surface area contributed by atoms with Crippen molar-refractivity contribution < 1.29 is 9.53 Å². The van der Waals surface area contributed by atoms with Crippen molar-refractivity contribution in [2.45, 2.75) is 44.2 Å². The van der Waals surface area contributed by atoms with Crippen molar-refractivity contribution in [1.82, 2.24) is 4.90 Å². The maximum Gasteiger partial charge on any atom is 0.251 e. The van der Waals surface area contributed by atoms with Crippen LogP contribution in [0, 0.1) is 11.8 Å². The molecule has 2 N–H and O–H groups in total. The monoisotopic (exact) mass is 238 g/mol. The van der Waals surface area contributed by atoms with Gasteiger partial charge in [0.25, 0.3) is 5.91 Å². The van der Waals surface area contributed by atoms with E-state index in [2.05, 4.69) is 0 Å². The fourth-order valence-electron chi connectivity index (χ4n) is 3.63. The highest BCUT2D eigenvalue weighted by molar-refractivity contribution is 5.81. The first-order valence-corrected chi connectivity index (χ1v) is 6.91. The second-order valence-electron chi connectivity index (χ2n) is 5.76. The lowest BCUT2D eigenvalue weighted by Gasteiger charge is -2.27. The number of ether oxygens (including phenoxy) is 1. The van der Waals surface area contributed by atoms with Gasteiger partial charge in [0, 0.05) is 25.7 Å². The molecule has 96 valence electrons. The Kier molecular flexibility index (Phi) is 3.09. The summed E-state index contributed by atoms with van der Waals surface area (Å²) in [7, 11) is 0. The molecule has 2 aliphatic heterocycles. The van der Waals surface area contributed by atoms with Crippen molar-refractivity contribution >= 4 is 5.91 Å². The summed E-state index contributed by atoms with van der Waals surface area (Å²) in [6.07, 6.45) is 5.28. The molecule has 0 bridgehead atoms. The number of carbonyl (C=O) groups is 1. The zero-order valence-electron chi connectivity index (χ0n) is 10.3. The van der Waals surface area contributed by atoms with Gasteiger partial charge in [0.2, 0.25) is 0 Å². The summed E-state index contributed by atoms with van der Waals surface area (Å²) in [5.74, 6) is 1.41. The summed E-state index contributed by atoms with van der Waals surface area (Å²) < 4.78 is 5.58. The maximum absolute atomic E-state index is 12.3. The molecule has 0 radical (unpaired) electrons. The lowest BCUT2D eigenvalue weighted by Crippen LogP contribution is -2.42. The molecule has 3 rings (SSSR count). The van der Waals surface area contributed by atoms with Crippen LogP contribution in [0.4, 0.5) is 0 Å². The van der Waals surface area contributed by atoms with Gasteiger partial charge in [-0.2, -0.15) is 0 Å². The summed E-state index contributed by atoms with van der Waals surface area (Å²) in [6, 6.07) is 0.310. The molecule has 4 heteroatoms. The van der Waals surface area contributed by atoms with Crippen LogP contribution in [-0.2, 0) is 9.53 Å². The highest BCUT2D eigenvalue weighted by Crippen LogP contribution is 2.37. The van der Waals surface area contributed by atoms with Crippen molar-refractivity contribution in [2.24, 2.45) is 17.6 Å². The van der Waals surface area contributed by atoms with E-state index in [4.69, 9.17) is 10.5 Å². The van der Waals surface area contributed by atoms with E-state index >= 15 is 0 Å². The molecule has 3 aliphatic rings. The Morgan fingerprint density at radius 2 is 2.06 bits per heavy atom. The number of amides is 1. The lowest BCUT2D eigenvalue weighted by molar-refractivity contribution is -0.145. The van der Waals surface area contributed by atoms with Gasteiger partial charge in [0.1, 0.15) is 6.10 Å². The molecule has 0 aromatic carbocycles. The van der Waals surface area contributed by atoms with E-state index in [1.54, 1.807) is 0 Å². The van der Waals surface area contributed by atoms with Gasteiger partial charge in [-0.15, -0.1) is 0 Å². The van der Waals surface area contributed by atoms with Crippen LogP contribution in [-0.4, -0.2) is 42.6 Å². The normalized spacial score (nSPS) is 41.6. The molecule has 17 heavy (non-hydrogen) atoms. The molecule has 0 aromatic heterocycles. The molecule has 1 aliphatic carbocycles. The Bertz CT molecular complexity index is 302. The van der Waals surface area contributed by atoms with Gasteiger partial charge in [-0.1, -0.05) is 0 Å². The van der Waals surface area contributed by atoms with Crippen molar-refractivity contribution in [1.29, 1.82) is 0 Å². The molecule has 4 nitrogen and oxygen atoms in total. The van der Waals surface area contributed by atoms with E-state index in [0.29, 0.717) is 17.9 Å². The number of fused-ring (bicyclic) bond motifs is 1. The molecule has 3 fully saturated rings. The van der Waals surface area contributed by atoms with E-state index in [1.807, 2.05) is 4.90 Å². The molecule has 0 spiro atoms. The van der Waals surface area contributed by atoms with Crippen LogP contribution >= 0.6 is 0 Å². The number of nitrogens with two attached hydrogens (primary N) is 1. The Balaban J connectivity index is 1.60. The molecule has 2 saturated heterocycles. The van der Waals surface area contributed by atoms with Crippen molar-refractivity contribution in [3.8, 4) is 0 Å². The van der Waals surface area contributed by atoms with Crippen LogP contribution in [0.2, 0.25) is 0 Å². The second-order valence-corrected chi connectivity index (χ2v) is 5.76. The highest BCUT2D eigenvalue weighted by Gasteiger charge is 2.43. The zero-order chi connectivity index (χ0) is 11.8. The van der Waals surface area contributed by atoms with Gasteiger partial charge in [-0.25, -0.2) is 0 Å². The minimum Gasteiger partial charge on any atom is -0.368 e. The topological polar surface area (TPSA) is 55.6 Å². The Morgan fingerprint density at radius 1 is 1.18 bits per heavy atom. The zero-order valence-corrected chi connectivity index (χ0v) is 10.3. The first-order valence-electron chi connectivity index (χ1n) is 6.91. The molecule has 0 aromatic rings. The third-order valence-electron chi connectivity index (χ3n) is 4.68. The van der Waals surface area contributed by atoms with Gasteiger partial charge < -0.3 is 15.4 Å². The van der Waals surface area contributed by atoms with Gasteiger partial charge in [0.15, 0.2) is 0 Å². The predicted molar refractivity (Wildman–Crippen MR) is 64.4 cm³/mol. The van der Waals surface area contributed by atoms with E-state index in [9.17, 15) is 4.79 Å². The first kappa shape index (κ1) is 11.5. The average molecular weight is 238 g/mol. The van der Waals surface area contributed by atoms with Gasteiger partial charge in [0.05, 0.1) is 0 Å². The SMILES string of the molecule is NC1CCC2CN(C(=O)C3CCCCO3)CC12. The summed E-state index contributed by atoms with van der Waals surface area (Å²) in [4.78, 5) is 14.3. The Morgan fingerprint density at radius 3 is 2.76 bits per heavy atom. The van der Waals surface area contributed by atoms with Gasteiger partial charge >= 0.3 is 0 Å². The van der Waals surface area contributed by atoms with Crippen LogP contribution in [0.1, 0.15) is 32.1 Å². The second kappa shape index (κ2) is 4.58. The average Bonchev–Trinajstić information content (AvgIpc) is 2.92. The predicted octanol–water partition coefficient (Wildman–Crippen LogP) is 0.751. The molecule has 1 amide bonds. The molecular formula is C13H22N2O2. The Labute approximate surface area is 102 Å². The molecule has 2 heterocycles. The smallest absolute Gasteiger partial charge is 0.251 e. The van der Waals surface area contributed by atoms with Crippen molar-refractivity contribution in [3.05, 3.63) is 0 Å². The van der Waals surface area contributed by atoms with Crippen LogP contribution in [0.3, 0.4) is 0 Å². The van der Waals surface area contributed by atoms with Gasteiger partial charge in [-0.3, -0.25) is 4.79 Å². The fraction of sp³-hybridized carbons (Fsp3) is 0.923. The highest BCUT2D eigenvalue weighted by atomic mass is 16.5. The third kappa shape index (κ3) is 2.08. The maximum atomic E-state index is 12.3. The largest absolute Gasteiger partial charge is 0.368 e. The third-order valence-corrected chi connectivity index (χ3v) is 4.68. The van der Waals surface area contributed by atoms with Crippen molar-refractivity contribution in [2.75, 3.05) is 19.7 Å². The van der Waals surface area contributed by atoms with Gasteiger partial charge in [-0.05, 0) is 43.9 Å². The molecule has 1 saturated carbocycles. The summed E-state index contributed by atoms with van der Waals surface area (Å²) in [5.41, 5.74) is 6.09. The minimum atomic E-state index is -0.168. The van der Waals surface area contributed by atoms with E-state index in [0.717, 1.165) is 45.4 Å². The quantitative estimate of drug-likeness (QED) is 0.733. The van der Waals surface area contributed by atoms with Crippen LogP contribution < -0.4 is 5.73 Å². The van der Waals surface area contributed by atoms with E-state index < -0.39 is 0 Å². The lowest BCUT2D eigenvalue weighted by atomic mass is 9.98. The summed E-state index contributed by atoms with van der Waals surface area (Å²) in [6.45, 7) is 2.53. The van der Waals surface area contributed by atoms with E-state index in [-0.39, 0.29) is 12.0 Å². The summed E-state index contributed by atoms with van der Waals surface area (Å²) >= 11 is 0. The molecule has 4 atom stereocenters. The Hall–Kier alpha value is -0.610. The summed E-state index contributed by atoms with van der Waals surface area (Å²) in [5, 5.41) is 0. The van der Waals surface area contributed by atoms with Crippen LogP contribution in [0.5, 0.6) is 0 Å². The number of hydrogen-bond acceptors (Lipinski definition) is 3. The molecule has 4 unspecified atom stereocenters. The first-order chi connectivity index (χ1) is 8.25. The number of nitrogens with zero attached hydrogens (tertiary/aromatic N) is 1. The fourth-order valence-corrected chi connectivity index (χ4v) is 3.63. The van der Waals surface area contributed by atoms with Crippen LogP contribution in [0.15, 0.2) is 0 Å². The standard InChI is InChI=1S/C13H22N2O2/c14-11-5-4-9-7-15(8-10(9)11)13(16)12-3-1-2-6-17-12/h9-12H,1-8,14H2. The number of carbonyl (C=O) groups excluding carboxylic acids is 1. The van der Waals surface area contributed by atoms with E-state index in [1.165, 1.54) is 6.42 Å². The number of likely N-dealkylation sites (tertiary alicyclic amines) is 1. The molecular weight excluding hydrogens is 216 g/mol. The van der Waals surface area contributed by atoms with Crippen LogP contribution in [0.25, 0.3) is 0 Å². The minimum absolute atomic E-state index is 0.168.